The summed E-state index contributed by atoms with van der Waals surface area (Å²) >= 11 is 0. The summed E-state index contributed by atoms with van der Waals surface area (Å²) in [6, 6.07) is 2.63. The molecule has 0 aliphatic carbocycles. The second-order valence-electron chi connectivity index (χ2n) is 3.84. The molecule has 0 saturated heterocycles. The number of hydrogen-bond acceptors (Lipinski definition) is 4. The van der Waals surface area contributed by atoms with Gasteiger partial charge >= 0.3 is 12.0 Å². The minimum Gasteiger partial charge on any atom is -0.477 e. The fourth-order valence-electron chi connectivity index (χ4n) is 1.52. The number of carbonyl (C=O) groups excluding carboxylic acids is 1. The second kappa shape index (κ2) is 5.25. The SMILES string of the molecule is Cc1cc(NC(=O)NCc2ccon2)c(C(=O)O)[nH]1. The Kier molecular flexibility index (Phi) is 3.51. The van der Waals surface area contributed by atoms with Gasteiger partial charge in [-0.2, -0.15) is 0 Å². The average molecular weight is 264 g/mol. The normalized spacial score (nSPS) is 10.2. The van der Waals surface area contributed by atoms with Crippen LogP contribution in [0.2, 0.25) is 0 Å². The minimum absolute atomic E-state index is 0.0610. The summed E-state index contributed by atoms with van der Waals surface area (Å²) < 4.78 is 4.61. The van der Waals surface area contributed by atoms with Crippen LogP contribution in [0.25, 0.3) is 0 Å². The van der Waals surface area contributed by atoms with Gasteiger partial charge in [0.15, 0.2) is 0 Å². The Hall–Kier alpha value is -2.77. The molecule has 2 rings (SSSR count). The first-order valence-electron chi connectivity index (χ1n) is 5.43. The number of amides is 2. The number of carbonyl (C=O) groups is 2. The van der Waals surface area contributed by atoms with E-state index in [1.807, 2.05) is 0 Å². The van der Waals surface area contributed by atoms with Crippen molar-refractivity contribution in [3.63, 3.8) is 0 Å². The summed E-state index contributed by atoms with van der Waals surface area (Å²) in [7, 11) is 0. The van der Waals surface area contributed by atoms with Gasteiger partial charge in [0.25, 0.3) is 0 Å². The van der Waals surface area contributed by atoms with Gasteiger partial charge in [0, 0.05) is 11.8 Å². The van der Waals surface area contributed by atoms with Crippen LogP contribution in [0, 0.1) is 6.92 Å². The van der Waals surface area contributed by atoms with Gasteiger partial charge in [-0.15, -0.1) is 0 Å². The predicted octanol–water partition coefficient (Wildman–Crippen LogP) is 1.33. The number of nitrogens with zero attached hydrogens (tertiary/aromatic N) is 1. The summed E-state index contributed by atoms with van der Waals surface area (Å²) in [5, 5.41) is 17.6. The lowest BCUT2D eigenvalue weighted by atomic mass is 10.3. The van der Waals surface area contributed by atoms with Crippen molar-refractivity contribution in [1.82, 2.24) is 15.5 Å². The predicted molar refractivity (Wildman–Crippen MR) is 64.9 cm³/mol. The zero-order chi connectivity index (χ0) is 13.8. The molecule has 2 aromatic rings. The molecule has 8 nitrogen and oxygen atoms in total. The van der Waals surface area contributed by atoms with Crippen molar-refractivity contribution in [2.75, 3.05) is 5.32 Å². The fraction of sp³-hybridized carbons (Fsp3) is 0.182. The minimum atomic E-state index is -1.14. The van der Waals surface area contributed by atoms with E-state index in [9.17, 15) is 9.59 Å². The number of carboxylic acids is 1. The summed E-state index contributed by atoms with van der Waals surface area (Å²) in [6.45, 7) is 1.89. The second-order valence-corrected chi connectivity index (χ2v) is 3.84. The van der Waals surface area contributed by atoms with E-state index in [2.05, 4.69) is 25.3 Å². The molecule has 0 unspecified atom stereocenters. The topological polar surface area (TPSA) is 120 Å². The Morgan fingerprint density at radius 2 is 2.32 bits per heavy atom. The number of aromatic nitrogens is 2. The summed E-state index contributed by atoms with van der Waals surface area (Å²) in [4.78, 5) is 25.2. The molecule has 2 heterocycles. The van der Waals surface area contributed by atoms with E-state index in [1.54, 1.807) is 19.1 Å². The lowest BCUT2D eigenvalue weighted by Crippen LogP contribution is -2.28. The molecule has 0 fully saturated rings. The van der Waals surface area contributed by atoms with Crippen molar-refractivity contribution < 1.29 is 19.2 Å². The van der Waals surface area contributed by atoms with Crippen LogP contribution in [-0.4, -0.2) is 27.2 Å². The summed E-state index contributed by atoms with van der Waals surface area (Å²) in [6.07, 6.45) is 1.40. The molecule has 0 aliphatic rings. The highest BCUT2D eigenvalue weighted by Gasteiger charge is 2.15. The largest absolute Gasteiger partial charge is 0.477 e. The average Bonchev–Trinajstić information content (AvgIpc) is 2.96. The first kappa shape index (κ1) is 12.7. The van der Waals surface area contributed by atoms with E-state index in [0.717, 1.165) is 0 Å². The van der Waals surface area contributed by atoms with Crippen LogP contribution < -0.4 is 10.6 Å². The molecule has 100 valence electrons. The molecular weight excluding hydrogens is 252 g/mol. The Morgan fingerprint density at radius 1 is 1.53 bits per heavy atom. The monoisotopic (exact) mass is 264 g/mol. The Labute approximate surface area is 107 Å². The van der Waals surface area contributed by atoms with Gasteiger partial charge < -0.3 is 25.2 Å². The van der Waals surface area contributed by atoms with E-state index in [1.165, 1.54) is 6.26 Å². The van der Waals surface area contributed by atoms with Gasteiger partial charge in [0.1, 0.15) is 17.7 Å². The standard InChI is InChI=1S/C11H12N4O4/c1-6-4-8(9(13-6)10(16)17)14-11(18)12-5-7-2-3-19-15-7/h2-4,13H,5H2,1H3,(H,16,17)(H2,12,14,18). The maximum absolute atomic E-state index is 11.6. The third kappa shape index (κ3) is 3.12. The molecule has 19 heavy (non-hydrogen) atoms. The van der Waals surface area contributed by atoms with E-state index in [4.69, 9.17) is 5.11 Å². The number of urea groups is 1. The number of anilines is 1. The van der Waals surface area contributed by atoms with E-state index < -0.39 is 12.0 Å². The smallest absolute Gasteiger partial charge is 0.354 e. The van der Waals surface area contributed by atoms with Gasteiger partial charge in [0.2, 0.25) is 0 Å². The Morgan fingerprint density at radius 3 is 2.95 bits per heavy atom. The van der Waals surface area contributed by atoms with Crippen LogP contribution in [0.5, 0.6) is 0 Å². The van der Waals surface area contributed by atoms with Crippen molar-refractivity contribution in [1.29, 1.82) is 0 Å². The number of aromatic carboxylic acids is 1. The first-order chi connectivity index (χ1) is 9.06. The number of carboxylic acid groups (broad SMARTS) is 1. The highest BCUT2D eigenvalue weighted by molar-refractivity contribution is 5.99. The molecule has 0 aliphatic heterocycles. The lowest BCUT2D eigenvalue weighted by Gasteiger charge is -2.05. The molecule has 0 bridgehead atoms. The fourth-order valence-corrected chi connectivity index (χ4v) is 1.52. The first-order valence-corrected chi connectivity index (χ1v) is 5.43. The van der Waals surface area contributed by atoms with Crippen LogP contribution in [0.4, 0.5) is 10.5 Å². The van der Waals surface area contributed by atoms with Crippen molar-refractivity contribution in [2.45, 2.75) is 13.5 Å². The van der Waals surface area contributed by atoms with Crippen LogP contribution in [0.1, 0.15) is 21.9 Å². The highest BCUT2D eigenvalue weighted by Crippen LogP contribution is 2.16. The van der Waals surface area contributed by atoms with Gasteiger partial charge in [-0.25, -0.2) is 9.59 Å². The molecule has 0 spiro atoms. The molecule has 2 aromatic heterocycles. The zero-order valence-corrected chi connectivity index (χ0v) is 10.1. The van der Waals surface area contributed by atoms with Crippen molar-refractivity contribution in [3.05, 3.63) is 35.5 Å². The van der Waals surface area contributed by atoms with Gasteiger partial charge in [-0.3, -0.25) is 0 Å². The number of aryl methyl sites for hydroxylation is 1. The third-order valence-corrected chi connectivity index (χ3v) is 2.34. The van der Waals surface area contributed by atoms with Crippen molar-refractivity contribution in [3.8, 4) is 0 Å². The Balaban J connectivity index is 1.97. The van der Waals surface area contributed by atoms with Crippen LogP contribution >= 0.6 is 0 Å². The van der Waals surface area contributed by atoms with E-state index in [0.29, 0.717) is 11.4 Å². The summed E-state index contributed by atoms with van der Waals surface area (Å²) in [5.41, 5.74) is 1.36. The Bertz CT molecular complexity index is 588. The highest BCUT2D eigenvalue weighted by atomic mass is 16.5. The molecule has 0 radical (unpaired) electrons. The van der Waals surface area contributed by atoms with Crippen molar-refractivity contribution in [2.24, 2.45) is 0 Å². The number of nitrogens with one attached hydrogen (secondary N) is 3. The number of H-pyrrole nitrogens is 1. The maximum atomic E-state index is 11.6. The maximum Gasteiger partial charge on any atom is 0.354 e. The van der Waals surface area contributed by atoms with Crippen LogP contribution in [0.3, 0.4) is 0 Å². The molecule has 0 saturated carbocycles. The van der Waals surface area contributed by atoms with Crippen molar-refractivity contribution >= 4 is 17.7 Å². The van der Waals surface area contributed by atoms with E-state index in [-0.39, 0.29) is 17.9 Å². The molecule has 8 heteroatoms. The summed E-state index contributed by atoms with van der Waals surface area (Å²) in [5.74, 6) is -1.14. The van der Waals surface area contributed by atoms with Gasteiger partial charge in [0.05, 0.1) is 12.2 Å². The zero-order valence-electron chi connectivity index (χ0n) is 10.1. The molecule has 0 atom stereocenters. The quantitative estimate of drug-likeness (QED) is 0.664. The van der Waals surface area contributed by atoms with Gasteiger partial charge in [-0.1, -0.05) is 5.16 Å². The van der Waals surface area contributed by atoms with Crippen LogP contribution in [-0.2, 0) is 6.54 Å². The number of rotatable bonds is 4. The molecule has 0 aromatic carbocycles. The third-order valence-electron chi connectivity index (χ3n) is 2.34. The molecular formula is C11H12N4O4. The number of aromatic amines is 1. The van der Waals surface area contributed by atoms with E-state index >= 15 is 0 Å². The molecule has 4 N–H and O–H groups in total. The van der Waals surface area contributed by atoms with Crippen LogP contribution in [0.15, 0.2) is 22.9 Å². The van der Waals surface area contributed by atoms with Gasteiger partial charge in [-0.05, 0) is 13.0 Å². The molecule has 2 amide bonds. The number of hydrogen-bond donors (Lipinski definition) is 4. The lowest BCUT2D eigenvalue weighted by molar-refractivity contribution is 0.0692.